The molecule has 130 valence electrons. The average Bonchev–Trinajstić information content (AvgIpc) is 3.08. The Labute approximate surface area is 149 Å². The van der Waals surface area contributed by atoms with Crippen LogP contribution in [-0.4, -0.2) is 15.5 Å². The van der Waals surface area contributed by atoms with Gasteiger partial charge in [-0.1, -0.05) is 17.4 Å². The minimum absolute atomic E-state index is 0.0399. The molecule has 2 heterocycles. The Morgan fingerprint density at radius 1 is 1.32 bits per heavy atom. The van der Waals surface area contributed by atoms with E-state index in [1.165, 1.54) is 0 Å². The molecule has 6 nitrogen and oxygen atoms in total. The zero-order valence-corrected chi connectivity index (χ0v) is 15.1. The van der Waals surface area contributed by atoms with Crippen molar-refractivity contribution in [3.63, 3.8) is 0 Å². The van der Waals surface area contributed by atoms with Gasteiger partial charge in [-0.2, -0.15) is 0 Å². The lowest BCUT2D eigenvalue weighted by Gasteiger charge is -2.07. The minimum Gasteiger partial charge on any atom is -0.441 e. The zero-order chi connectivity index (χ0) is 18.0. The summed E-state index contributed by atoms with van der Waals surface area (Å²) >= 11 is 1.15. The molecule has 0 unspecified atom stereocenters. The lowest BCUT2D eigenvalue weighted by molar-refractivity contribution is -0.116. The molecule has 1 aromatic carbocycles. The van der Waals surface area contributed by atoms with E-state index in [9.17, 15) is 9.59 Å². The van der Waals surface area contributed by atoms with E-state index < -0.39 is 0 Å². The number of aryl methyl sites for hydroxylation is 3. The van der Waals surface area contributed by atoms with E-state index in [2.05, 4.69) is 10.3 Å². The molecule has 0 bridgehead atoms. The van der Waals surface area contributed by atoms with Gasteiger partial charge in [-0.15, -0.1) is 0 Å². The van der Waals surface area contributed by atoms with Crippen LogP contribution in [-0.2, 0) is 11.3 Å². The second-order valence-corrected chi connectivity index (χ2v) is 6.65. The summed E-state index contributed by atoms with van der Waals surface area (Å²) in [7, 11) is 0. The first kappa shape index (κ1) is 17.2. The van der Waals surface area contributed by atoms with Gasteiger partial charge in [0, 0.05) is 35.3 Å². The summed E-state index contributed by atoms with van der Waals surface area (Å²) in [6, 6.07) is 7.36. The molecular formula is C18H19N3O3S. The van der Waals surface area contributed by atoms with Crippen molar-refractivity contribution >= 4 is 22.9 Å². The van der Waals surface area contributed by atoms with Gasteiger partial charge in [0.25, 0.3) is 0 Å². The molecule has 0 radical (unpaired) electrons. The smallest absolute Gasteiger partial charge is 0.307 e. The van der Waals surface area contributed by atoms with Crippen molar-refractivity contribution in [2.45, 2.75) is 33.7 Å². The number of aromatic nitrogens is 2. The number of nitrogens with one attached hydrogen (secondary N) is 1. The maximum atomic E-state index is 12.2. The highest BCUT2D eigenvalue weighted by molar-refractivity contribution is 7.07. The van der Waals surface area contributed by atoms with E-state index >= 15 is 0 Å². The largest absolute Gasteiger partial charge is 0.441 e. The topological polar surface area (TPSA) is 77.1 Å². The summed E-state index contributed by atoms with van der Waals surface area (Å²) in [5.41, 5.74) is 3.20. The van der Waals surface area contributed by atoms with Crippen LogP contribution in [0, 0.1) is 20.8 Å². The molecule has 7 heteroatoms. The molecule has 0 fully saturated rings. The second-order valence-electron chi connectivity index (χ2n) is 5.83. The molecule has 0 spiro atoms. The van der Waals surface area contributed by atoms with Crippen LogP contribution in [0.5, 0.6) is 0 Å². The first-order chi connectivity index (χ1) is 11.9. The van der Waals surface area contributed by atoms with E-state index in [1.807, 2.05) is 45.0 Å². The summed E-state index contributed by atoms with van der Waals surface area (Å²) in [5, 5.41) is 4.65. The van der Waals surface area contributed by atoms with Crippen molar-refractivity contribution < 1.29 is 9.21 Å². The van der Waals surface area contributed by atoms with Gasteiger partial charge in [-0.25, -0.2) is 4.98 Å². The van der Waals surface area contributed by atoms with Gasteiger partial charge in [-0.3, -0.25) is 9.59 Å². The molecular weight excluding hydrogens is 338 g/mol. The number of carbonyl (C=O) groups is 1. The first-order valence-electron chi connectivity index (χ1n) is 7.93. The SMILES string of the molecule is Cc1nc(-c2cccc(NC(=O)CCn3c(C)csc3=O)c2)oc1C. The van der Waals surface area contributed by atoms with E-state index in [0.29, 0.717) is 18.1 Å². The van der Waals surface area contributed by atoms with Crippen LogP contribution in [0.1, 0.15) is 23.6 Å². The minimum atomic E-state index is -0.144. The number of rotatable bonds is 5. The predicted molar refractivity (Wildman–Crippen MR) is 98.0 cm³/mol. The standard InChI is InChI=1S/C18H19N3O3S/c1-11-10-25-18(23)21(11)8-7-16(22)20-15-6-4-5-14(9-15)17-19-12(2)13(3)24-17/h4-6,9-10H,7-8H2,1-3H3,(H,20,22). The van der Waals surface area contributed by atoms with Crippen molar-refractivity contribution in [2.24, 2.45) is 0 Å². The fourth-order valence-electron chi connectivity index (χ4n) is 2.44. The third kappa shape index (κ3) is 3.88. The molecule has 0 saturated heterocycles. The zero-order valence-electron chi connectivity index (χ0n) is 14.3. The van der Waals surface area contributed by atoms with E-state index in [-0.39, 0.29) is 17.2 Å². The Bertz CT molecular complexity index is 949. The maximum Gasteiger partial charge on any atom is 0.307 e. The van der Waals surface area contributed by atoms with Crippen molar-refractivity contribution in [3.05, 3.63) is 56.5 Å². The number of oxazole rings is 1. The van der Waals surface area contributed by atoms with Crippen LogP contribution in [0.25, 0.3) is 11.5 Å². The second kappa shape index (κ2) is 7.06. The van der Waals surface area contributed by atoms with Crippen molar-refractivity contribution in [1.82, 2.24) is 9.55 Å². The fraction of sp³-hybridized carbons (Fsp3) is 0.278. The maximum absolute atomic E-state index is 12.2. The Balaban J connectivity index is 1.67. The molecule has 0 aliphatic heterocycles. The number of benzene rings is 1. The van der Waals surface area contributed by atoms with E-state index in [1.54, 1.807) is 9.95 Å². The lowest BCUT2D eigenvalue weighted by Crippen LogP contribution is -2.20. The van der Waals surface area contributed by atoms with Gasteiger partial charge < -0.3 is 14.3 Å². The molecule has 1 amide bonds. The third-order valence-corrected chi connectivity index (χ3v) is 4.84. The summed E-state index contributed by atoms with van der Waals surface area (Å²) in [4.78, 5) is 28.2. The molecule has 3 aromatic rings. The highest BCUT2D eigenvalue weighted by atomic mass is 32.1. The van der Waals surface area contributed by atoms with Gasteiger partial charge in [-0.05, 0) is 39.0 Å². The van der Waals surface area contributed by atoms with Gasteiger partial charge in [0.05, 0.1) is 5.69 Å². The van der Waals surface area contributed by atoms with Crippen LogP contribution in [0.15, 0.2) is 38.9 Å². The van der Waals surface area contributed by atoms with Crippen LogP contribution in [0.2, 0.25) is 0 Å². The Hall–Kier alpha value is -2.67. The summed E-state index contributed by atoms with van der Waals surface area (Å²) in [5.74, 6) is 1.17. The van der Waals surface area contributed by atoms with Crippen molar-refractivity contribution in [2.75, 3.05) is 5.32 Å². The molecule has 1 N–H and O–H groups in total. The van der Waals surface area contributed by atoms with Crippen molar-refractivity contribution in [3.8, 4) is 11.5 Å². The Morgan fingerprint density at radius 3 is 2.76 bits per heavy atom. The number of hydrogen-bond donors (Lipinski definition) is 1. The summed E-state index contributed by atoms with van der Waals surface area (Å²) < 4.78 is 7.23. The van der Waals surface area contributed by atoms with Crippen LogP contribution >= 0.6 is 11.3 Å². The van der Waals surface area contributed by atoms with Gasteiger partial charge in [0.2, 0.25) is 11.8 Å². The van der Waals surface area contributed by atoms with Crippen LogP contribution < -0.4 is 10.2 Å². The average molecular weight is 357 g/mol. The summed E-state index contributed by atoms with van der Waals surface area (Å²) in [6.45, 7) is 5.99. The first-order valence-corrected chi connectivity index (χ1v) is 8.81. The molecule has 0 aliphatic rings. The summed E-state index contributed by atoms with van der Waals surface area (Å²) in [6.07, 6.45) is 0.235. The number of anilines is 1. The molecule has 0 saturated carbocycles. The van der Waals surface area contributed by atoms with E-state index in [0.717, 1.165) is 34.0 Å². The molecule has 3 rings (SSSR count). The number of amides is 1. The molecule has 25 heavy (non-hydrogen) atoms. The Kier molecular flexibility index (Phi) is 4.85. The highest BCUT2D eigenvalue weighted by Gasteiger charge is 2.10. The number of nitrogens with zero attached hydrogens (tertiary/aromatic N) is 2. The lowest BCUT2D eigenvalue weighted by atomic mass is 10.2. The fourth-order valence-corrected chi connectivity index (χ4v) is 3.20. The quantitative estimate of drug-likeness (QED) is 0.758. The van der Waals surface area contributed by atoms with Gasteiger partial charge in [0.15, 0.2) is 0 Å². The molecule has 2 aromatic heterocycles. The van der Waals surface area contributed by atoms with Crippen LogP contribution in [0.4, 0.5) is 5.69 Å². The van der Waals surface area contributed by atoms with Gasteiger partial charge in [0.1, 0.15) is 5.76 Å². The monoisotopic (exact) mass is 357 g/mol. The number of carbonyl (C=O) groups excluding carboxylic acids is 1. The highest BCUT2D eigenvalue weighted by Crippen LogP contribution is 2.24. The van der Waals surface area contributed by atoms with Crippen molar-refractivity contribution in [1.29, 1.82) is 0 Å². The normalized spacial score (nSPS) is 10.8. The Morgan fingerprint density at radius 2 is 2.12 bits per heavy atom. The molecule has 0 atom stereocenters. The molecule has 0 aliphatic carbocycles. The third-order valence-electron chi connectivity index (χ3n) is 3.96. The van der Waals surface area contributed by atoms with Gasteiger partial charge >= 0.3 is 4.87 Å². The van der Waals surface area contributed by atoms with Crippen LogP contribution in [0.3, 0.4) is 0 Å². The van der Waals surface area contributed by atoms with E-state index in [4.69, 9.17) is 4.42 Å². The number of thiazole rings is 1. The number of hydrogen-bond acceptors (Lipinski definition) is 5. The predicted octanol–water partition coefficient (Wildman–Crippen LogP) is 3.52.